The number of anilines is 1. The van der Waals surface area contributed by atoms with Gasteiger partial charge in [-0.1, -0.05) is 0 Å². The summed E-state index contributed by atoms with van der Waals surface area (Å²) in [6.45, 7) is 0.425. The zero-order valence-corrected chi connectivity index (χ0v) is 11.3. The predicted molar refractivity (Wildman–Crippen MR) is 68.8 cm³/mol. The van der Waals surface area contributed by atoms with E-state index in [-0.39, 0.29) is 5.91 Å². The first kappa shape index (κ1) is 12.9. The number of amides is 1. The van der Waals surface area contributed by atoms with Gasteiger partial charge in [0.2, 0.25) is 5.91 Å². The van der Waals surface area contributed by atoms with Crippen LogP contribution in [0.3, 0.4) is 0 Å². The zero-order valence-electron chi connectivity index (χ0n) is 9.72. The number of rotatable bonds is 3. The molecule has 1 amide bonds. The van der Waals surface area contributed by atoms with Gasteiger partial charge in [-0.2, -0.15) is 0 Å². The number of ether oxygens (including phenoxy) is 1. The van der Waals surface area contributed by atoms with Gasteiger partial charge >= 0.3 is 5.97 Å². The molecule has 0 aromatic heterocycles. The van der Waals surface area contributed by atoms with E-state index >= 15 is 0 Å². The van der Waals surface area contributed by atoms with Gasteiger partial charge in [0.1, 0.15) is 11.7 Å². The number of hydrogen-bond acceptors (Lipinski definition) is 3. The standard InChI is InChI=1S/C12H12BrNO4/c1-18-10-3-2-7(6-9(10)13)14-5-4-8(11(14)15)12(16)17/h2-3,6,8H,4-5H2,1H3,(H,16,17). The first-order valence-corrected chi connectivity index (χ1v) is 6.21. The molecule has 1 aromatic carbocycles. The van der Waals surface area contributed by atoms with Gasteiger partial charge in [-0.15, -0.1) is 0 Å². The molecule has 1 fully saturated rings. The number of carbonyl (C=O) groups excluding carboxylic acids is 1. The fourth-order valence-corrected chi connectivity index (χ4v) is 2.52. The molecule has 5 nitrogen and oxygen atoms in total. The third kappa shape index (κ3) is 2.20. The van der Waals surface area contributed by atoms with E-state index in [1.54, 1.807) is 25.3 Å². The zero-order chi connectivity index (χ0) is 13.3. The van der Waals surface area contributed by atoms with Crippen LogP contribution in [0.1, 0.15) is 6.42 Å². The highest BCUT2D eigenvalue weighted by molar-refractivity contribution is 9.10. The Labute approximate surface area is 112 Å². The maximum Gasteiger partial charge on any atom is 0.316 e. The third-order valence-corrected chi connectivity index (χ3v) is 3.57. The van der Waals surface area contributed by atoms with Crippen LogP contribution >= 0.6 is 15.9 Å². The Bertz CT molecular complexity index is 503. The van der Waals surface area contributed by atoms with Crippen LogP contribution in [0, 0.1) is 5.92 Å². The molecule has 1 atom stereocenters. The number of hydrogen-bond donors (Lipinski definition) is 1. The monoisotopic (exact) mass is 313 g/mol. The minimum Gasteiger partial charge on any atom is -0.496 e. The molecular weight excluding hydrogens is 302 g/mol. The van der Waals surface area contributed by atoms with E-state index in [0.717, 1.165) is 4.47 Å². The van der Waals surface area contributed by atoms with Crippen molar-refractivity contribution in [1.29, 1.82) is 0 Å². The number of carboxylic acid groups (broad SMARTS) is 1. The quantitative estimate of drug-likeness (QED) is 0.865. The lowest BCUT2D eigenvalue weighted by Gasteiger charge is -2.17. The van der Waals surface area contributed by atoms with Gasteiger partial charge in [0.15, 0.2) is 0 Å². The molecule has 2 rings (SSSR count). The number of nitrogens with zero attached hydrogens (tertiary/aromatic N) is 1. The number of carboxylic acids is 1. The SMILES string of the molecule is COc1ccc(N2CCC(C(=O)O)C2=O)cc1Br. The Balaban J connectivity index is 2.26. The van der Waals surface area contributed by atoms with Crippen LogP contribution in [0.2, 0.25) is 0 Å². The van der Waals surface area contributed by atoms with Gasteiger partial charge in [0, 0.05) is 12.2 Å². The summed E-state index contributed by atoms with van der Waals surface area (Å²) in [6.07, 6.45) is 0.345. The average Bonchev–Trinajstić information content (AvgIpc) is 2.71. The smallest absolute Gasteiger partial charge is 0.316 e. The second-order valence-corrected chi connectivity index (χ2v) is 4.84. The van der Waals surface area contributed by atoms with Crippen molar-refractivity contribution < 1.29 is 19.4 Å². The van der Waals surface area contributed by atoms with Gasteiger partial charge in [-0.3, -0.25) is 9.59 Å². The Kier molecular flexibility index (Phi) is 3.56. The molecule has 6 heteroatoms. The van der Waals surface area contributed by atoms with E-state index in [4.69, 9.17) is 9.84 Å². The number of carbonyl (C=O) groups is 2. The molecule has 0 spiro atoms. The number of benzene rings is 1. The second kappa shape index (κ2) is 4.97. The Morgan fingerprint density at radius 3 is 2.78 bits per heavy atom. The highest BCUT2D eigenvalue weighted by Gasteiger charge is 2.37. The summed E-state index contributed by atoms with van der Waals surface area (Å²) in [5.41, 5.74) is 0.677. The fourth-order valence-electron chi connectivity index (χ4n) is 1.99. The normalized spacial score (nSPS) is 19.1. The van der Waals surface area contributed by atoms with Crippen molar-refractivity contribution in [3.8, 4) is 5.75 Å². The lowest BCUT2D eigenvalue weighted by Crippen LogP contribution is -2.30. The summed E-state index contributed by atoms with van der Waals surface area (Å²) in [5.74, 6) is -1.68. The second-order valence-electron chi connectivity index (χ2n) is 3.99. The number of aliphatic carboxylic acids is 1. The molecule has 1 aliphatic rings. The van der Waals surface area contributed by atoms with E-state index < -0.39 is 11.9 Å². The lowest BCUT2D eigenvalue weighted by atomic mass is 10.1. The summed E-state index contributed by atoms with van der Waals surface area (Å²) in [4.78, 5) is 24.3. The minimum absolute atomic E-state index is 0.345. The molecule has 1 N–H and O–H groups in total. The summed E-state index contributed by atoms with van der Waals surface area (Å²) in [7, 11) is 1.56. The van der Waals surface area contributed by atoms with Crippen molar-refractivity contribution in [2.75, 3.05) is 18.6 Å². The van der Waals surface area contributed by atoms with Crippen molar-refractivity contribution >= 4 is 33.5 Å². The fraction of sp³-hybridized carbons (Fsp3) is 0.333. The molecule has 1 unspecified atom stereocenters. The summed E-state index contributed by atoms with van der Waals surface area (Å²) in [6, 6.07) is 5.23. The molecule has 0 radical (unpaired) electrons. The van der Waals surface area contributed by atoms with Gasteiger partial charge in [-0.05, 0) is 40.5 Å². The minimum atomic E-state index is -1.06. The topological polar surface area (TPSA) is 66.8 Å². The Hall–Kier alpha value is -1.56. The highest BCUT2D eigenvalue weighted by atomic mass is 79.9. The molecule has 1 aliphatic heterocycles. The molecule has 18 heavy (non-hydrogen) atoms. The third-order valence-electron chi connectivity index (χ3n) is 2.95. The van der Waals surface area contributed by atoms with Crippen LogP contribution in [0.5, 0.6) is 5.75 Å². The van der Waals surface area contributed by atoms with E-state index in [1.807, 2.05) is 0 Å². The van der Waals surface area contributed by atoms with Crippen molar-refractivity contribution in [2.24, 2.45) is 5.92 Å². The molecule has 0 aliphatic carbocycles. The van der Waals surface area contributed by atoms with Gasteiger partial charge < -0.3 is 14.7 Å². The van der Waals surface area contributed by atoms with E-state index in [0.29, 0.717) is 24.4 Å². The molecule has 1 heterocycles. The van der Waals surface area contributed by atoms with Gasteiger partial charge in [0.05, 0.1) is 11.6 Å². The highest BCUT2D eigenvalue weighted by Crippen LogP contribution is 2.32. The molecule has 96 valence electrons. The first-order valence-electron chi connectivity index (χ1n) is 5.42. The summed E-state index contributed by atoms with van der Waals surface area (Å²) < 4.78 is 5.83. The van der Waals surface area contributed by atoms with E-state index in [9.17, 15) is 9.59 Å². The molecule has 0 saturated carbocycles. The molecule has 0 bridgehead atoms. The largest absolute Gasteiger partial charge is 0.496 e. The van der Waals surface area contributed by atoms with Crippen LogP contribution < -0.4 is 9.64 Å². The van der Waals surface area contributed by atoms with E-state index in [1.165, 1.54) is 4.90 Å². The van der Waals surface area contributed by atoms with Crippen LogP contribution in [-0.4, -0.2) is 30.6 Å². The average molecular weight is 314 g/mol. The predicted octanol–water partition coefficient (Wildman–Crippen LogP) is 1.90. The van der Waals surface area contributed by atoms with Crippen LogP contribution in [0.4, 0.5) is 5.69 Å². The first-order chi connectivity index (χ1) is 8.54. The molecule has 1 aromatic rings. The van der Waals surface area contributed by atoms with Crippen molar-refractivity contribution in [3.05, 3.63) is 22.7 Å². The van der Waals surface area contributed by atoms with Crippen molar-refractivity contribution in [3.63, 3.8) is 0 Å². The van der Waals surface area contributed by atoms with Crippen LogP contribution in [0.15, 0.2) is 22.7 Å². The van der Waals surface area contributed by atoms with Gasteiger partial charge in [0.25, 0.3) is 0 Å². The lowest BCUT2D eigenvalue weighted by molar-refractivity contribution is -0.144. The molecular formula is C12H12BrNO4. The van der Waals surface area contributed by atoms with Crippen molar-refractivity contribution in [1.82, 2.24) is 0 Å². The van der Waals surface area contributed by atoms with Crippen LogP contribution in [0.25, 0.3) is 0 Å². The number of halogens is 1. The summed E-state index contributed by atoms with van der Waals surface area (Å²) >= 11 is 3.34. The maximum atomic E-state index is 11.9. The Morgan fingerprint density at radius 2 is 2.28 bits per heavy atom. The van der Waals surface area contributed by atoms with Gasteiger partial charge in [-0.25, -0.2) is 0 Å². The van der Waals surface area contributed by atoms with Crippen molar-refractivity contribution in [2.45, 2.75) is 6.42 Å². The summed E-state index contributed by atoms with van der Waals surface area (Å²) in [5, 5.41) is 8.91. The number of methoxy groups -OCH3 is 1. The molecule has 1 saturated heterocycles. The maximum absolute atomic E-state index is 11.9. The Morgan fingerprint density at radius 1 is 1.56 bits per heavy atom. The van der Waals surface area contributed by atoms with E-state index in [2.05, 4.69) is 15.9 Å². The van der Waals surface area contributed by atoms with Crippen LogP contribution in [-0.2, 0) is 9.59 Å².